The van der Waals surface area contributed by atoms with E-state index >= 15 is 0 Å². The summed E-state index contributed by atoms with van der Waals surface area (Å²) in [7, 11) is 1.52. The van der Waals surface area contributed by atoms with Crippen molar-refractivity contribution < 1.29 is 9.53 Å². The molecule has 102 valence electrons. The Kier molecular flexibility index (Phi) is 4.90. The summed E-state index contributed by atoms with van der Waals surface area (Å²) in [6.07, 6.45) is 1.58. The molecular weight excluding hydrogens is 320 g/mol. The predicted octanol–water partition coefficient (Wildman–Crippen LogP) is 3.22. The van der Waals surface area contributed by atoms with Gasteiger partial charge in [-0.05, 0) is 29.8 Å². The first-order chi connectivity index (χ1) is 9.70. The number of nitrogens with one attached hydrogen (secondary N) is 1. The van der Waals surface area contributed by atoms with Crippen LogP contribution in [0.25, 0.3) is 0 Å². The maximum Gasteiger partial charge on any atom is 0.275 e. The molecule has 1 amide bonds. The molecule has 2 aromatic carbocycles. The zero-order valence-corrected chi connectivity index (χ0v) is 12.4. The summed E-state index contributed by atoms with van der Waals surface area (Å²) >= 11 is 3.37. The highest BCUT2D eigenvalue weighted by Crippen LogP contribution is 2.16. The number of methoxy groups -OCH3 is 1. The Morgan fingerprint density at radius 3 is 2.80 bits per heavy atom. The van der Waals surface area contributed by atoms with E-state index < -0.39 is 0 Å². The molecule has 0 aromatic heterocycles. The number of para-hydroxylation sites is 1. The van der Waals surface area contributed by atoms with Gasteiger partial charge in [-0.2, -0.15) is 5.10 Å². The van der Waals surface area contributed by atoms with Crippen molar-refractivity contribution in [2.75, 3.05) is 7.11 Å². The minimum absolute atomic E-state index is 0.311. The van der Waals surface area contributed by atoms with Gasteiger partial charge in [-0.1, -0.05) is 40.2 Å². The maximum atomic E-state index is 12.0. The van der Waals surface area contributed by atoms with Gasteiger partial charge in [0.2, 0.25) is 0 Å². The van der Waals surface area contributed by atoms with Crippen LogP contribution < -0.4 is 10.2 Å². The number of nitrogens with zero attached hydrogens (tertiary/aromatic N) is 1. The monoisotopic (exact) mass is 332 g/mol. The normalized spacial score (nSPS) is 10.5. The number of halogens is 1. The van der Waals surface area contributed by atoms with Crippen molar-refractivity contribution in [2.24, 2.45) is 5.10 Å². The fraction of sp³-hybridized carbons (Fsp3) is 0.0667. The van der Waals surface area contributed by atoms with E-state index in [9.17, 15) is 4.79 Å². The van der Waals surface area contributed by atoms with E-state index in [-0.39, 0.29) is 5.91 Å². The third-order valence-electron chi connectivity index (χ3n) is 2.58. The third-order valence-corrected chi connectivity index (χ3v) is 3.07. The summed E-state index contributed by atoms with van der Waals surface area (Å²) in [6.45, 7) is 0. The third kappa shape index (κ3) is 3.68. The van der Waals surface area contributed by atoms with Crippen molar-refractivity contribution >= 4 is 28.1 Å². The summed E-state index contributed by atoms with van der Waals surface area (Å²) in [6, 6.07) is 14.6. The van der Waals surface area contributed by atoms with Crippen LogP contribution in [0.4, 0.5) is 0 Å². The van der Waals surface area contributed by atoms with Gasteiger partial charge < -0.3 is 4.74 Å². The van der Waals surface area contributed by atoms with Crippen molar-refractivity contribution in [2.45, 2.75) is 0 Å². The van der Waals surface area contributed by atoms with Gasteiger partial charge in [0.15, 0.2) is 0 Å². The van der Waals surface area contributed by atoms with Crippen molar-refractivity contribution in [1.29, 1.82) is 0 Å². The van der Waals surface area contributed by atoms with Crippen LogP contribution in [0.1, 0.15) is 15.9 Å². The van der Waals surface area contributed by atoms with Crippen LogP contribution in [0.2, 0.25) is 0 Å². The van der Waals surface area contributed by atoms with E-state index in [1.54, 1.807) is 30.5 Å². The highest BCUT2D eigenvalue weighted by molar-refractivity contribution is 9.10. The minimum Gasteiger partial charge on any atom is -0.496 e. The lowest BCUT2D eigenvalue weighted by molar-refractivity contribution is 0.0952. The van der Waals surface area contributed by atoms with Crippen LogP contribution in [-0.4, -0.2) is 19.2 Å². The fourth-order valence-corrected chi connectivity index (χ4v) is 2.06. The molecule has 0 aliphatic heterocycles. The number of hydrogen-bond acceptors (Lipinski definition) is 3. The molecule has 0 fully saturated rings. The first-order valence-corrected chi connectivity index (χ1v) is 6.72. The first-order valence-electron chi connectivity index (χ1n) is 5.92. The summed E-state index contributed by atoms with van der Waals surface area (Å²) in [5.41, 5.74) is 3.81. The van der Waals surface area contributed by atoms with Crippen LogP contribution in [0, 0.1) is 0 Å². The molecule has 0 aliphatic rings. The van der Waals surface area contributed by atoms with Gasteiger partial charge in [0.25, 0.3) is 5.91 Å². The van der Waals surface area contributed by atoms with Crippen LogP contribution in [0.3, 0.4) is 0 Å². The van der Waals surface area contributed by atoms with Crippen molar-refractivity contribution in [3.8, 4) is 5.75 Å². The molecular formula is C15H13BrN2O2. The van der Waals surface area contributed by atoms with Crippen LogP contribution in [0.15, 0.2) is 58.1 Å². The van der Waals surface area contributed by atoms with E-state index in [1.165, 1.54) is 7.11 Å². The molecule has 1 N–H and O–H groups in total. The van der Waals surface area contributed by atoms with Crippen molar-refractivity contribution in [3.63, 3.8) is 0 Å². The number of rotatable bonds is 4. The lowest BCUT2D eigenvalue weighted by Crippen LogP contribution is -2.18. The molecule has 0 heterocycles. The Labute approximate surface area is 125 Å². The fourth-order valence-electron chi connectivity index (χ4n) is 1.64. The van der Waals surface area contributed by atoms with Gasteiger partial charge in [-0.25, -0.2) is 5.43 Å². The SMILES string of the molecule is COc1ccccc1C(=O)NN=Cc1cccc(Br)c1. The van der Waals surface area contributed by atoms with Crippen molar-refractivity contribution in [1.82, 2.24) is 5.43 Å². The Balaban J connectivity index is 2.05. The molecule has 0 spiro atoms. The molecule has 0 saturated heterocycles. The predicted molar refractivity (Wildman–Crippen MR) is 82.2 cm³/mol. The van der Waals surface area contributed by atoms with Gasteiger partial charge in [-0.3, -0.25) is 4.79 Å². The highest BCUT2D eigenvalue weighted by atomic mass is 79.9. The van der Waals surface area contributed by atoms with Crippen LogP contribution >= 0.6 is 15.9 Å². The van der Waals surface area contributed by atoms with Gasteiger partial charge >= 0.3 is 0 Å². The first kappa shape index (κ1) is 14.3. The van der Waals surface area contributed by atoms with Gasteiger partial charge in [0.1, 0.15) is 5.75 Å². The number of hydrazone groups is 1. The Bertz CT molecular complexity index is 641. The average Bonchev–Trinajstić information content (AvgIpc) is 2.47. The molecule has 2 aromatic rings. The molecule has 0 atom stereocenters. The zero-order chi connectivity index (χ0) is 14.4. The molecule has 2 rings (SSSR count). The van der Waals surface area contributed by atoms with Crippen LogP contribution in [0.5, 0.6) is 5.75 Å². The Hall–Kier alpha value is -2.14. The Morgan fingerprint density at radius 2 is 2.05 bits per heavy atom. The Morgan fingerprint density at radius 1 is 1.25 bits per heavy atom. The van der Waals surface area contributed by atoms with E-state index in [4.69, 9.17) is 4.74 Å². The lowest BCUT2D eigenvalue weighted by atomic mass is 10.2. The zero-order valence-electron chi connectivity index (χ0n) is 10.8. The smallest absolute Gasteiger partial charge is 0.275 e. The molecule has 0 unspecified atom stereocenters. The van der Waals surface area contributed by atoms with E-state index in [2.05, 4.69) is 26.5 Å². The van der Waals surface area contributed by atoms with E-state index in [0.717, 1.165) is 10.0 Å². The van der Waals surface area contributed by atoms with E-state index in [1.807, 2.05) is 24.3 Å². The van der Waals surface area contributed by atoms with Gasteiger partial charge in [-0.15, -0.1) is 0 Å². The maximum absolute atomic E-state index is 12.0. The quantitative estimate of drug-likeness (QED) is 0.690. The average molecular weight is 333 g/mol. The van der Waals surface area contributed by atoms with Gasteiger partial charge in [0, 0.05) is 4.47 Å². The number of ether oxygens (including phenoxy) is 1. The molecule has 4 nitrogen and oxygen atoms in total. The largest absolute Gasteiger partial charge is 0.496 e. The topological polar surface area (TPSA) is 50.7 Å². The summed E-state index contributed by atoms with van der Waals surface area (Å²) < 4.78 is 6.08. The molecule has 20 heavy (non-hydrogen) atoms. The molecule has 0 radical (unpaired) electrons. The number of carbonyl (C=O) groups is 1. The summed E-state index contributed by atoms with van der Waals surface area (Å²) in [5.74, 6) is 0.205. The molecule has 0 bridgehead atoms. The van der Waals surface area contributed by atoms with Gasteiger partial charge in [0.05, 0.1) is 18.9 Å². The minimum atomic E-state index is -0.311. The second kappa shape index (κ2) is 6.86. The second-order valence-electron chi connectivity index (χ2n) is 3.95. The van der Waals surface area contributed by atoms with Crippen molar-refractivity contribution in [3.05, 3.63) is 64.1 Å². The molecule has 0 saturated carbocycles. The number of carbonyl (C=O) groups excluding carboxylic acids is 1. The summed E-state index contributed by atoms with van der Waals surface area (Å²) in [5, 5.41) is 3.93. The lowest BCUT2D eigenvalue weighted by Gasteiger charge is -2.05. The number of amides is 1. The second-order valence-corrected chi connectivity index (χ2v) is 4.87. The standard InChI is InChI=1S/C15H13BrN2O2/c1-20-14-8-3-2-7-13(14)15(19)18-17-10-11-5-4-6-12(16)9-11/h2-10H,1H3,(H,18,19). The summed E-state index contributed by atoms with van der Waals surface area (Å²) in [4.78, 5) is 12.0. The molecule has 0 aliphatic carbocycles. The highest BCUT2D eigenvalue weighted by Gasteiger charge is 2.09. The number of hydrogen-bond donors (Lipinski definition) is 1. The van der Waals surface area contributed by atoms with Crippen LogP contribution in [-0.2, 0) is 0 Å². The van der Waals surface area contributed by atoms with E-state index in [0.29, 0.717) is 11.3 Å². The number of benzene rings is 2. The molecule has 5 heteroatoms.